The fourth-order valence-corrected chi connectivity index (χ4v) is 2.20. The molecule has 1 aromatic rings. The standard InChI is InChI=1S/C16H28N2O2/c1-5-18(6-2)12-11-17-13-14-9-8-10-15(20-7-3)16(14)19-4/h8-10,17H,5-7,11-13H2,1-4H3. The Balaban J connectivity index is 2.53. The van der Waals surface area contributed by atoms with Crippen molar-refractivity contribution in [2.45, 2.75) is 27.3 Å². The summed E-state index contributed by atoms with van der Waals surface area (Å²) in [5, 5.41) is 3.47. The normalized spacial score (nSPS) is 10.8. The molecule has 0 saturated heterocycles. The zero-order valence-electron chi connectivity index (χ0n) is 13.2. The minimum absolute atomic E-state index is 0.648. The topological polar surface area (TPSA) is 33.7 Å². The van der Waals surface area contributed by atoms with Gasteiger partial charge in [0, 0.05) is 25.2 Å². The van der Waals surface area contributed by atoms with Crippen LogP contribution < -0.4 is 14.8 Å². The molecule has 0 amide bonds. The third-order valence-electron chi connectivity index (χ3n) is 3.38. The van der Waals surface area contributed by atoms with Crippen molar-refractivity contribution in [2.24, 2.45) is 0 Å². The lowest BCUT2D eigenvalue weighted by Gasteiger charge is -2.18. The molecule has 0 aromatic heterocycles. The number of hydrogen-bond donors (Lipinski definition) is 1. The average Bonchev–Trinajstić information content (AvgIpc) is 2.48. The number of hydrogen-bond acceptors (Lipinski definition) is 4. The molecule has 0 fully saturated rings. The van der Waals surface area contributed by atoms with Crippen LogP contribution in [0.15, 0.2) is 18.2 Å². The molecule has 0 aliphatic carbocycles. The quantitative estimate of drug-likeness (QED) is 0.668. The number of nitrogens with one attached hydrogen (secondary N) is 1. The Labute approximate surface area is 123 Å². The number of methoxy groups -OCH3 is 1. The zero-order valence-corrected chi connectivity index (χ0v) is 13.2. The molecule has 0 atom stereocenters. The summed E-state index contributed by atoms with van der Waals surface area (Å²) >= 11 is 0. The van der Waals surface area contributed by atoms with E-state index < -0.39 is 0 Å². The van der Waals surface area contributed by atoms with Crippen LogP contribution in [0, 0.1) is 0 Å². The molecule has 0 aliphatic heterocycles. The molecule has 0 saturated carbocycles. The first-order valence-electron chi connectivity index (χ1n) is 7.48. The molecule has 114 valence electrons. The first-order valence-corrected chi connectivity index (χ1v) is 7.48. The summed E-state index contributed by atoms with van der Waals surface area (Å²) in [5.74, 6) is 1.66. The van der Waals surface area contributed by atoms with Crippen molar-refractivity contribution >= 4 is 0 Å². The first kappa shape index (κ1) is 16.8. The van der Waals surface area contributed by atoms with Crippen LogP contribution in [0.3, 0.4) is 0 Å². The predicted molar refractivity (Wildman–Crippen MR) is 83.7 cm³/mol. The van der Waals surface area contributed by atoms with Gasteiger partial charge in [-0.1, -0.05) is 26.0 Å². The van der Waals surface area contributed by atoms with Crippen LogP contribution in [0.4, 0.5) is 0 Å². The fraction of sp³-hybridized carbons (Fsp3) is 0.625. The van der Waals surface area contributed by atoms with Crippen LogP contribution >= 0.6 is 0 Å². The van der Waals surface area contributed by atoms with Crippen molar-refractivity contribution < 1.29 is 9.47 Å². The summed E-state index contributed by atoms with van der Waals surface area (Å²) < 4.78 is 11.1. The van der Waals surface area contributed by atoms with E-state index >= 15 is 0 Å². The molecule has 1 N–H and O–H groups in total. The molecule has 1 rings (SSSR count). The number of para-hydroxylation sites is 1. The summed E-state index contributed by atoms with van der Waals surface area (Å²) in [6.07, 6.45) is 0. The zero-order chi connectivity index (χ0) is 14.8. The first-order chi connectivity index (χ1) is 9.76. The Bertz CT molecular complexity index is 379. The molecule has 0 bridgehead atoms. The minimum Gasteiger partial charge on any atom is -0.493 e. The van der Waals surface area contributed by atoms with Gasteiger partial charge in [0.15, 0.2) is 11.5 Å². The predicted octanol–water partition coefficient (Wildman–Crippen LogP) is 2.53. The van der Waals surface area contributed by atoms with Crippen LogP contribution in [-0.4, -0.2) is 44.8 Å². The molecule has 0 heterocycles. The number of ether oxygens (including phenoxy) is 2. The fourth-order valence-electron chi connectivity index (χ4n) is 2.20. The molecule has 20 heavy (non-hydrogen) atoms. The summed E-state index contributed by atoms with van der Waals surface area (Å²) in [5.41, 5.74) is 1.14. The monoisotopic (exact) mass is 280 g/mol. The van der Waals surface area contributed by atoms with E-state index in [9.17, 15) is 0 Å². The second-order valence-corrected chi connectivity index (χ2v) is 4.59. The lowest BCUT2D eigenvalue weighted by Crippen LogP contribution is -2.31. The highest BCUT2D eigenvalue weighted by Gasteiger charge is 2.09. The molecule has 4 nitrogen and oxygen atoms in total. The van der Waals surface area contributed by atoms with E-state index in [-0.39, 0.29) is 0 Å². The number of likely N-dealkylation sites (N-methyl/N-ethyl adjacent to an activating group) is 1. The van der Waals surface area contributed by atoms with E-state index in [0.29, 0.717) is 6.61 Å². The van der Waals surface area contributed by atoms with Crippen molar-refractivity contribution in [2.75, 3.05) is 39.9 Å². The van der Waals surface area contributed by atoms with E-state index in [0.717, 1.165) is 49.8 Å². The molecule has 0 aliphatic rings. The SMILES string of the molecule is CCOc1cccc(CNCCN(CC)CC)c1OC. The summed E-state index contributed by atoms with van der Waals surface area (Å²) in [4.78, 5) is 2.40. The lowest BCUT2D eigenvalue weighted by molar-refractivity contribution is 0.299. The maximum atomic E-state index is 5.59. The summed E-state index contributed by atoms with van der Waals surface area (Å²) in [6.45, 7) is 12.1. The van der Waals surface area contributed by atoms with E-state index in [1.807, 2.05) is 19.1 Å². The van der Waals surface area contributed by atoms with E-state index in [1.165, 1.54) is 0 Å². The van der Waals surface area contributed by atoms with Crippen molar-refractivity contribution in [3.8, 4) is 11.5 Å². The van der Waals surface area contributed by atoms with Gasteiger partial charge in [0.25, 0.3) is 0 Å². The van der Waals surface area contributed by atoms with Gasteiger partial charge >= 0.3 is 0 Å². The Morgan fingerprint density at radius 3 is 2.50 bits per heavy atom. The van der Waals surface area contributed by atoms with E-state index in [4.69, 9.17) is 9.47 Å². The van der Waals surface area contributed by atoms with Gasteiger partial charge in [-0.2, -0.15) is 0 Å². The average molecular weight is 280 g/mol. The van der Waals surface area contributed by atoms with Crippen LogP contribution in [0.5, 0.6) is 11.5 Å². The third kappa shape index (κ3) is 5.02. The summed E-state index contributed by atoms with van der Waals surface area (Å²) in [7, 11) is 1.69. The van der Waals surface area contributed by atoms with Gasteiger partial charge in [0.05, 0.1) is 13.7 Å². The van der Waals surface area contributed by atoms with Crippen molar-refractivity contribution in [3.05, 3.63) is 23.8 Å². The van der Waals surface area contributed by atoms with Gasteiger partial charge in [-0.3, -0.25) is 0 Å². The Morgan fingerprint density at radius 1 is 1.15 bits per heavy atom. The van der Waals surface area contributed by atoms with Gasteiger partial charge < -0.3 is 19.7 Å². The van der Waals surface area contributed by atoms with Gasteiger partial charge in [-0.05, 0) is 26.1 Å². The van der Waals surface area contributed by atoms with Gasteiger partial charge in [-0.15, -0.1) is 0 Å². The third-order valence-corrected chi connectivity index (χ3v) is 3.38. The second kappa shape index (κ2) is 9.61. The van der Waals surface area contributed by atoms with Crippen LogP contribution in [0.1, 0.15) is 26.3 Å². The highest BCUT2D eigenvalue weighted by molar-refractivity contribution is 5.46. The number of rotatable bonds is 10. The van der Waals surface area contributed by atoms with E-state index in [1.54, 1.807) is 7.11 Å². The maximum absolute atomic E-state index is 5.59. The lowest BCUT2D eigenvalue weighted by atomic mass is 10.2. The maximum Gasteiger partial charge on any atom is 0.165 e. The molecular formula is C16H28N2O2. The molecule has 0 radical (unpaired) electrons. The number of nitrogens with zero attached hydrogens (tertiary/aromatic N) is 1. The van der Waals surface area contributed by atoms with Gasteiger partial charge in [0.2, 0.25) is 0 Å². The van der Waals surface area contributed by atoms with E-state index in [2.05, 4.69) is 30.1 Å². The van der Waals surface area contributed by atoms with Crippen LogP contribution in [0.25, 0.3) is 0 Å². The molecule has 0 spiro atoms. The molecule has 1 aromatic carbocycles. The summed E-state index contributed by atoms with van der Waals surface area (Å²) in [6, 6.07) is 6.03. The Kier molecular flexibility index (Phi) is 8.07. The second-order valence-electron chi connectivity index (χ2n) is 4.59. The molecular weight excluding hydrogens is 252 g/mol. The highest BCUT2D eigenvalue weighted by Crippen LogP contribution is 2.30. The van der Waals surface area contributed by atoms with Crippen molar-refractivity contribution in [1.82, 2.24) is 10.2 Å². The highest BCUT2D eigenvalue weighted by atomic mass is 16.5. The van der Waals surface area contributed by atoms with Crippen molar-refractivity contribution in [1.29, 1.82) is 0 Å². The molecule has 4 heteroatoms. The Morgan fingerprint density at radius 2 is 1.90 bits per heavy atom. The minimum atomic E-state index is 0.648. The number of benzene rings is 1. The smallest absolute Gasteiger partial charge is 0.165 e. The van der Waals surface area contributed by atoms with Crippen LogP contribution in [-0.2, 0) is 6.54 Å². The van der Waals surface area contributed by atoms with Gasteiger partial charge in [-0.25, -0.2) is 0 Å². The van der Waals surface area contributed by atoms with Crippen molar-refractivity contribution in [3.63, 3.8) is 0 Å². The largest absolute Gasteiger partial charge is 0.493 e. The van der Waals surface area contributed by atoms with Gasteiger partial charge in [0.1, 0.15) is 0 Å². The van der Waals surface area contributed by atoms with Crippen LogP contribution in [0.2, 0.25) is 0 Å². The Hall–Kier alpha value is -1.26. The molecule has 0 unspecified atom stereocenters.